The molecule has 0 aromatic carbocycles. The summed E-state index contributed by atoms with van der Waals surface area (Å²) in [5.41, 5.74) is 0. The summed E-state index contributed by atoms with van der Waals surface area (Å²) in [5.74, 6) is -1.48. The van der Waals surface area contributed by atoms with E-state index in [9.17, 15) is 9.59 Å². The second-order valence-corrected chi connectivity index (χ2v) is 5.71. The van der Waals surface area contributed by atoms with E-state index in [4.69, 9.17) is 9.84 Å². The number of carboxylic acids is 1. The van der Waals surface area contributed by atoms with Crippen molar-refractivity contribution in [2.75, 3.05) is 26.8 Å². The minimum atomic E-state index is -0.884. The average Bonchev–Trinajstić information content (AvgIpc) is 2.90. The number of hydrogen-bond acceptors (Lipinski definition) is 4. The Morgan fingerprint density at radius 2 is 2.25 bits per heavy atom. The molecule has 1 amide bonds. The van der Waals surface area contributed by atoms with Crippen LogP contribution in [-0.2, 0) is 20.7 Å². The van der Waals surface area contributed by atoms with Gasteiger partial charge in [0.2, 0.25) is 5.91 Å². The Morgan fingerprint density at radius 1 is 1.50 bits per heavy atom. The van der Waals surface area contributed by atoms with E-state index in [-0.39, 0.29) is 12.5 Å². The van der Waals surface area contributed by atoms with Gasteiger partial charge in [0.1, 0.15) is 0 Å². The quantitative estimate of drug-likeness (QED) is 0.707. The van der Waals surface area contributed by atoms with Crippen molar-refractivity contribution >= 4 is 23.2 Å². The molecule has 0 aliphatic carbocycles. The van der Waals surface area contributed by atoms with Crippen molar-refractivity contribution < 1.29 is 19.4 Å². The van der Waals surface area contributed by atoms with E-state index >= 15 is 0 Å². The zero-order chi connectivity index (χ0) is 15.0. The minimum Gasteiger partial charge on any atom is -0.481 e. The summed E-state index contributed by atoms with van der Waals surface area (Å²) < 4.78 is 4.98. The number of methoxy groups -OCH3 is 1. The minimum absolute atomic E-state index is 0.0309. The maximum absolute atomic E-state index is 12.3. The number of carboxylic acid groups (broad SMARTS) is 1. The summed E-state index contributed by atoms with van der Waals surface area (Å²) in [6.07, 6.45) is 1.04. The number of ether oxygens (including phenoxy) is 1. The van der Waals surface area contributed by atoms with E-state index in [2.05, 4.69) is 0 Å². The SMILES string of the molecule is COCCCN(CC(C)C(=O)O)C(=O)Cc1cccs1. The summed E-state index contributed by atoms with van der Waals surface area (Å²) >= 11 is 1.53. The second kappa shape index (κ2) is 8.71. The van der Waals surface area contributed by atoms with Gasteiger partial charge in [-0.05, 0) is 17.9 Å². The molecule has 1 unspecified atom stereocenters. The third-order valence-corrected chi connectivity index (χ3v) is 3.83. The zero-order valence-corrected chi connectivity index (χ0v) is 12.7. The molecule has 0 fully saturated rings. The molecule has 1 rings (SSSR count). The van der Waals surface area contributed by atoms with E-state index in [0.717, 1.165) is 4.88 Å². The standard InChI is InChI=1S/C14H21NO4S/c1-11(14(17)18)10-15(6-4-7-19-2)13(16)9-12-5-3-8-20-12/h3,5,8,11H,4,6-7,9-10H2,1-2H3,(H,17,18). The molecular formula is C14H21NO4S. The molecule has 0 radical (unpaired) electrons. The Kier molecular flexibility index (Phi) is 7.25. The molecule has 5 nitrogen and oxygen atoms in total. The summed E-state index contributed by atoms with van der Waals surface area (Å²) in [4.78, 5) is 25.8. The summed E-state index contributed by atoms with van der Waals surface area (Å²) in [6, 6.07) is 3.82. The molecule has 0 bridgehead atoms. The van der Waals surface area contributed by atoms with Gasteiger partial charge >= 0.3 is 5.97 Å². The third kappa shape index (κ3) is 5.71. The molecule has 1 aromatic rings. The van der Waals surface area contributed by atoms with Gasteiger partial charge in [-0.15, -0.1) is 11.3 Å². The smallest absolute Gasteiger partial charge is 0.308 e. The second-order valence-electron chi connectivity index (χ2n) is 4.68. The molecule has 20 heavy (non-hydrogen) atoms. The fraction of sp³-hybridized carbons (Fsp3) is 0.571. The van der Waals surface area contributed by atoms with Crippen LogP contribution in [0, 0.1) is 5.92 Å². The molecule has 112 valence electrons. The monoisotopic (exact) mass is 299 g/mol. The number of carbonyl (C=O) groups is 2. The average molecular weight is 299 g/mol. The molecule has 1 N–H and O–H groups in total. The van der Waals surface area contributed by atoms with Crippen LogP contribution in [0.5, 0.6) is 0 Å². The third-order valence-electron chi connectivity index (χ3n) is 2.95. The zero-order valence-electron chi connectivity index (χ0n) is 11.9. The van der Waals surface area contributed by atoms with E-state index in [0.29, 0.717) is 26.0 Å². The van der Waals surface area contributed by atoms with Crippen LogP contribution < -0.4 is 0 Å². The van der Waals surface area contributed by atoms with Gasteiger partial charge in [-0.3, -0.25) is 9.59 Å². The lowest BCUT2D eigenvalue weighted by atomic mass is 10.1. The molecule has 0 aliphatic rings. The molecule has 1 atom stereocenters. The van der Waals surface area contributed by atoms with Gasteiger partial charge in [-0.25, -0.2) is 0 Å². The van der Waals surface area contributed by atoms with Gasteiger partial charge in [0.15, 0.2) is 0 Å². The number of hydrogen-bond donors (Lipinski definition) is 1. The van der Waals surface area contributed by atoms with Gasteiger partial charge < -0.3 is 14.7 Å². The van der Waals surface area contributed by atoms with Crippen LogP contribution in [0.25, 0.3) is 0 Å². The Morgan fingerprint density at radius 3 is 2.80 bits per heavy atom. The van der Waals surface area contributed by atoms with Crippen LogP contribution in [0.3, 0.4) is 0 Å². The Balaban J connectivity index is 2.59. The van der Waals surface area contributed by atoms with Crippen LogP contribution in [0.15, 0.2) is 17.5 Å². The van der Waals surface area contributed by atoms with Crippen molar-refractivity contribution in [2.24, 2.45) is 5.92 Å². The molecule has 1 heterocycles. The molecule has 0 saturated heterocycles. The highest BCUT2D eigenvalue weighted by Crippen LogP contribution is 2.12. The Labute approximate surface area is 123 Å². The van der Waals surface area contributed by atoms with Gasteiger partial charge in [0, 0.05) is 31.7 Å². The number of rotatable bonds is 9. The molecular weight excluding hydrogens is 278 g/mol. The summed E-state index contributed by atoms with van der Waals surface area (Å²) in [5, 5.41) is 10.9. The van der Waals surface area contributed by atoms with E-state index in [1.807, 2.05) is 17.5 Å². The lowest BCUT2D eigenvalue weighted by Crippen LogP contribution is -2.38. The van der Waals surface area contributed by atoms with Crippen LogP contribution in [0.2, 0.25) is 0 Å². The first-order valence-electron chi connectivity index (χ1n) is 6.56. The number of thiophene rings is 1. The largest absolute Gasteiger partial charge is 0.481 e. The first kappa shape index (κ1) is 16.7. The molecule has 0 saturated carbocycles. The highest BCUT2D eigenvalue weighted by Gasteiger charge is 2.20. The van der Waals surface area contributed by atoms with Crippen molar-refractivity contribution in [3.8, 4) is 0 Å². The molecule has 6 heteroatoms. The fourth-order valence-electron chi connectivity index (χ4n) is 1.80. The number of aliphatic carboxylic acids is 1. The highest BCUT2D eigenvalue weighted by molar-refractivity contribution is 7.10. The molecule has 0 aliphatic heterocycles. The normalized spacial score (nSPS) is 12.1. The van der Waals surface area contributed by atoms with Gasteiger partial charge in [-0.1, -0.05) is 13.0 Å². The summed E-state index contributed by atoms with van der Waals surface area (Å²) in [6.45, 7) is 2.94. The topological polar surface area (TPSA) is 66.8 Å². The summed E-state index contributed by atoms with van der Waals surface area (Å²) in [7, 11) is 1.61. The Bertz CT molecular complexity index is 419. The van der Waals surface area contributed by atoms with E-state index in [1.54, 1.807) is 18.9 Å². The van der Waals surface area contributed by atoms with Crippen LogP contribution >= 0.6 is 11.3 Å². The van der Waals surface area contributed by atoms with Crippen molar-refractivity contribution in [1.82, 2.24) is 4.90 Å². The van der Waals surface area contributed by atoms with Crippen molar-refractivity contribution in [2.45, 2.75) is 19.8 Å². The van der Waals surface area contributed by atoms with Crippen molar-refractivity contribution in [3.05, 3.63) is 22.4 Å². The number of nitrogens with zero attached hydrogens (tertiary/aromatic N) is 1. The van der Waals surface area contributed by atoms with Crippen LogP contribution in [0.4, 0.5) is 0 Å². The molecule has 1 aromatic heterocycles. The van der Waals surface area contributed by atoms with Gasteiger partial charge in [0.05, 0.1) is 12.3 Å². The van der Waals surface area contributed by atoms with Crippen molar-refractivity contribution in [3.63, 3.8) is 0 Å². The Hall–Kier alpha value is -1.40. The maximum Gasteiger partial charge on any atom is 0.308 e. The van der Waals surface area contributed by atoms with Crippen LogP contribution in [-0.4, -0.2) is 48.7 Å². The lowest BCUT2D eigenvalue weighted by molar-refractivity contribution is -0.143. The number of carbonyl (C=O) groups excluding carboxylic acids is 1. The predicted octanol–water partition coefficient (Wildman–Crippen LogP) is 1.88. The highest BCUT2D eigenvalue weighted by atomic mass is 32.1. The molecule has 0 spiro atoms. The first-order chi connectivity index (χ1) is 9.54. The van der Waals surface area contributed by atoms with Gasteiger partial charge in [0.25, 0.3) is 0 Å². The predicted molar refractivity (Wildman–Crippen MR) is 77.9 cm³/mol. The van der Waals surface area contributed by atoms with Crippen molar-refractivity contribution in [1.29, 1.82) is 0 Å². The lowest BCUT2D eigenvalue weighted by Gasteiger charge is -2.24. The van der Waals surface area contributed by atoms with Crippen LogP contribution in [0.1, 0.15) is 18.2 Å². The van der Waals surface area contributed by atoms with E-state index < -0.39 is 11.9 Å². The number of amides is 1. The van der Waals surface area contributed by atoms with E-state index in [1.165, 1.54) is 11.3 Å². The first-order valence-corrected chi connectivity index (χ1v) is 7.44. The van der Waals surface area contributed by atoms with Gasteiger partial charge in [-0.2, -0.15) is 0 Å². The fourth-order valence-corrected chi connectivity index (χ4v) is 2.50. The maximum atomic E-state index is 12.3.